The third kappa shape index (κ3) is 2.56. The number of anilines is 1. The van der Waals surface area contributed by atoms with Gasteiger partial charge in [0.25, 0.3) is 0 Å². The molecule has 1 saturated heterocycles. The van der Waals surface area contributed by atoms with Crippen molar-refractivity contribution in [3.8, 4) is 0 Å². The average Bonchev–Trinajstić information content (AvgIpc) is 3.19. The van der Waals surface area contributed by atoms with Crippen LogP contribution in [0.1, 0.15) is 12.8 Å². The molecule has 100 valence electrons. The van der Waals surface area contributed by atoms with Crippen LogP contribution in [-0.2, 0) is 9.59 Å². The second-order valence-corrected chi connectivity index (χ2v) is 6.67. The number of nitrogens with zero attached hydrogens (tertiary/aromatic N) is 1. The Labute approximate surface area is 127 Å². The van der Waals surface area contributed by atoms with Crippen molar-refractivity contribution in [2.75, 3.05) is 11.4 Å². The van der Waals surface area contributed by atoms with Crippen molar-refractivity contribution >= 4 is 49.4 Å². The maximum Gasteiger partial charge on any atom is 0.250 e. The summed E-state index contributed by atoms with van der Waals surface area (Å²) in [6.45, 7) is 0.0805. The number of rotatable bonds is 2. The van der Waals surface area contributed by atoms with E-state index in [0.29, 0.717) is 5.92 Å². The average molecular weight is 388 g/mol. The zero-order valence-electron chi connectivity index (χ0n) is 10.0. The fraction of sp³-hybridized carbons (Fsp3) is 0.385. The molecule has 1 heterocycles. The van der Waals surface area contributed by atoms with E-state index in [1.807, 2.05) is 18.2 Å². The van der Waals surface area contributed by atoms with Gasteiger partial charge in [0, 0.05) is 8.95 Å². The Kier molecular flexibility index (Phi) is 3.39. The van der Waals surface area contributed by atoms with Crippen LogP contribution in [0.2, 0.25) is 0 Å². The molecule has 6 heteroatoms. The van der Waals surface area contributed by atoms with Crippen LogP contribution in [0.25, 0.3) is 0 Å². The molecular weight excluding hydrogens is 376 g/mol. The lowest BCUT2D eigenvalue weighted by Gasteiger charge is -2.33. The summed E-state index contributed by atoms with van der Waals surface area (Å²) in [6, 6.07) is 5.25. The standard InChI is InChI=1S/C13H12Br2N2O2/c14-8-3-4-9(15)10(5-8)17-6-11(18)16-12(13(17)19)7-1-2-7/h3-5,7,12H,1-2,6H2,(H,16,18). The lowest BCUT2D eigenvalue weighted by Crippen LogP contribution is -2.59. The van der Waals surface area contributed by atoms with Gasteiger partial charge in [0.2, 0.25) is 11.8 Å². The van der Waals surface area contributed by atoms with Gasteiger partial charge in [-0.25, -0.2) is 0 Å². The molecule has 1 aliphatic carbocycles. The summed E-state index contributed by atoms with van der Waals surface area (Å²) in [5.74, 6) is 0.203. The first kappa shape index (κ1) is 13.1. The van der Waals surface area contributed by atoms with Crippen molar-refractivity contribution in [3.63, 3.8) is 0 Å². The maximum absolute atomic E-state index is 12.5. The van der Waals surface area contributed by atoms with E-state index in [2.05, 4.69) is 37.2 Å². The second-order valence-electron chi connectivity index (χ2n) is 4.90. The van der Waals surface area contributed by atoms with Crippen molar-refractivity contribution in [3.05, 3.63) is 27.1 Å². The second kappa shape index (κ2) is 4.90. The topological polar surface area (TPSA) is 49.4 Å². The Bertz CT molecular complexity index is 558. The van der Waals surface area contributed by atoms with Gasteiger partial charge in [-0.15, -0.1) is 0 Å². The molecule has 4 nitrogen and oxygen atoms in total. The number of hydrogen-bond donors (Lipinski definition) is 1. The van der Waals surface area contributed by atoms with E-state index < -0.39 is 0 Å². The van der Waals surface area contributed by atoms with E-state index in [-0.39, 0.29) is 24.4 Å². The molecule has 1 aromatic carbocycles. The first-order valence-corrected chi connectivity index (χ1v) is 7.70. The van der Waals surface area contributed by atoms with Crippen LogP contribution >= 0.6 is 31.9 Å². The Morgan fingerprint density at radius 2 is 1.95 bits per heavy atom. The number of benzene rings is 1. The van der Waals surface area contributed by atoms with E-state index in [1.54, 1.807) is 4.90 Å². The van der Waals surface area contributed by atoms with Gasteiger partial charge in [-0.1, -0.05) is 15.9 Å². The first-order chi connectivity index (χ1) is 9.06. The Balaban J connectivity index is 1.95. The highest BCUT2D eigenvalue weighted by Gasteiger charge is 2.43. The number of hydrogen-bond acceptors (Lipinski definition) is 2. The highest BCUT2D eigenvalue weighted by Crippen LogP contribution is 2.37. The largest absolute Gasteiger partial charge is 0.342 e. The first-order valence-electron chi connectivity index (χ1n) is 6.12. The fourth-order valence-electron chi connectivity index (χ4n) is 2.32. The van der Waals surface area contributed by atoms with E-state index in [0.717, 1.165) is 27.5 Å². The number of piperazine rings is 1. The van der Waals surface area contributed by atoms with Crippen molar-refractivity contribution in [2.45, 2.75) is 18.9 Å². The molecule has 1 atom stereocenters. The Morgan fingerprint density at radius 3 is 2.63 bits per heavy atom. The van der Waals surface area contributed by atoms with E-state index >= 15 is 0 Å². The van der Waals surface area contributed by atoms with Crippen molar-refractivity contribution in [2.24, 2.45) is 5.92 Å². The van der Waals surface area contributed by atoms with Crippen LogP contribution in [-0.4, -0.2) is 24.4 Å². The maximum atomic E-state index is 12.5. The number of halogens is 2. The fourth-order valence-corrected chi connectivity index (χ4v) is 3.13. The molecule has 1 unspecified atom stereocenters. The van der Waals surface area contributed by atoms with Crippen LogP contribution < -0.4 is 10.2 Å². The van der Waals surface area contributed by atoms with Crippen LogP contribution in [0, 0.1) is 5.92 Å². The molecule has 1 aliphatic heterocycles. The SMILES string of the molecule is O=C1CN(c2cc(Br)ccc2Br)C(=O)C(C2CC2)N1. The van der Waals surface area contributed by atoms with Gasteiger partial charge < -0.3 is 10.2 Å². The molecule has 2 amide bonds. The van der Waals surface area contributed by atoms with Crippen LogP contribution in [0.4, 0.5) is 5.69 Å². The monoisotopic (exact) mass is 386 g/mol. The summed E-state index contributed by atoms with van der Waals surface area (Å²) >= 11 is 6.83. The molecule has 1 aromatic rings. The zero-order valence-corrected chi connectivity index (χ0v) is 13.2. The van der Waals surface area contributed by atoms with Gasteiger partial charge in [-0.2, -0.15) is 0 Å². The smallest absolute Gasteiger partial charge is 0.250 e. The quantitative estimate of drug-likeness (QED) is 0.847. The van der Waals surface area contributed by atoms with Gasteiger partial charge in [-0.05, 0) is 52.9 Å². The number of carbonyl (C=O) groups excluding carboxylic acids is 2. The predicted octanol–water partition coefficient (Wildman–Crippen LogP) is 2.45. The van der Waals surface area contributed by atoms with Crippen LogP contribution in [0.5, 0.6) is 0 Å². The summed E-state index contributed by atoms with van der Waals surface area (Å²) in [5.41, 5.74) is 0.736. The molecule has 2 aliphatic rings. The molecule has 1 saturated carbocycles. The van der Waals surface area contributed by atoms with Gasteiger partial charge in [0.1, 0.15) is 12.6 Å². The summed E-state index contributed by atoms with van der Waals surface area (Å²) in [6.07, 6.45) is 2.04. The zero-order chi connectivity index (χ0) is 13.6. The van der Waals surface area contributed by atoms with Gasteiger partial charge >= 0.3 is 0 Å². The third-order valence-electron chi connectivity index (χ3n) is 3.44. The minimum Gasteiger partial charge on any atom is -0.342 e. The van der Waals surface area contributed by atoms with Gasteiger partial charge in [0.05, 0.1) is 5.69 Å². The minimum absolute atomic E-state index is 0.0131. The highest BCUT2D eigenvalue weighted by molar-refractivity contribution is 9.11. The molecule has 3 rings (SSSR count). The van der Waals surface area contributed by atoms with E-state index in [9.17, 15) is 9.59 Å². The van der Waals surface area contributed by atoms with Gasteiger partial charge in [0.15, 0.2) is 0 Å². The molecule has 2 fully saturated rings. The van der Waals surface area contributed by atoms with E-state index in [4.69, 9.17) is 0 Å². The molecule has 0 spiro atoms. The third-order valence-corrected chi connectivity index (χ3v) is 4.61. The summed E-state index contributed by atoms with van der Waals surface area (Å²) < 4.78 is 1.70. The van der Waals surface area contributed by atoms with Crippen molar-refractivity contribution in [1.29, 1.82) is 0 Å². The number of amides is 2. The number of nitrogens with one attached hydrogen (secondary N) is 1. The van der Waals surface area contributed by atoms with Crippen LogP contribution in [0.15, 0.2) is 27.1 Å². The predicted molar refractivity (Wildman–Crippen MR) is 78.8 cm³/mol. The number of carbonyl (C=O) groups is 2. The lowest BCUT2D eigenvalue weighted by molar-refractivity contribution is -0.131. The Morgan fingerprint density at radius 1 is 1.21 bits per heavy atom. The summed E-state index contributed by atoms with van der Waals surface area (Å²) in [4.78, 5) is 25.9. The molecule has 0 bridgehead atoms. The summed E-state index contributed by atoms with van der Waals surface area (Å²) in [7, 11) is 0. The van der Waals surface area contributed by atoms with Crippen molar-refractivity contribution < 1.29 is 9.59 Å². The summed E-state index contributed by atoms with van der Waals surface area (Å²) in [5, 5.41) is 2.80. The highest BCUT2D eigenvalue weighted by atomic mass is 79.9. The molecular formula is C13H12Br2N2O2. The molecule has 0 aromatic heterocycles. The Hall–Kier alpha value is -0.880. The minimum atomic E-state index is -0.355. The van der Waals surface area contributed by atoms with Crippen LogP contribution in [0.3, 0.4) is 0 Å². The van der Waals surface area contributed by atoms with Crippen molar-refractivity contribution in [1.82, 2.24) is 5.32 Å². The van der Waals surface area contributed by atoms with E-state index in [1.165, 1.54) is 0 Å². The molecule has 0 radical (unpaired) electrons. The molecule has 1 N–H and O–H groups in total. The van der Waals surface area contributed by atoms with Gasteiger partial charge in [-0.3, -0.25) is 9.59 Å². The lowest BCUT2D eigenvalue weighted by atomic mass is 10.1. The molecule has 19 heavy (non-hydrogen) atoms. The normalized spacial score (nSPS) is 23.5.